The summed E-state index contributed by atoms with van der Waals surface area (Å²) >= 11 is 0. The Hall–Kier alpha value is -3.35. The van der Waals surface area contributed by atoms with Crippen LogP contribution in [0, 0.1) is 0 Å². The Balaban J connectivity index is 1.42. The standard InChI is InChI=1S/C22H23N3O4/c1-27-18-12-17(13-19(14-18)28-2)22(26)25-10-8-16(9-11-25)21-23-20(24-29-21)15-6-4-3-5-7-15/h3-7,12-14,16H,8-11H2,1-2H3. The molecular weight excluding hydrogens is 370 g/mol. The fourth-order valence-electron chi connectivity index (χ4n) is 3.55. The van der Waals surface area contributed by atoms with Crippen LogP contribution in [0.5, 0.6) is 11.5 Å². The Labute approximate surface area is 169 Å². The maximum Gasteiger partial charge on any atom is 0.254 e. The van der Waals surface area contributed by atoms with E-state index in [1.807, 2.05) is 35.2 Å². The van der Waals surface area contributed by atoms with E-state index in [0.29, 0.717) is 41.9 Å². The van der Waals surface area contributed by atoms with Gasteiger partial charge < -0.3 is 18.9 Å². The van der Waals surface area contributed by atoms with Crippen LogP contribution in [0.2, 0.25) is 0 Å². The lowest BCUT2D eigenvalue weighted by Gasteiger charge is -2.30. The second kappa shape index (κ2) is 8.34. The number of methoxy groups -OCH3 is 2. The first-order chi connectivity index (χ1) is 14.2. The van der Waals surface area contributed by atoms with Crippen LogP contribution in [-0.4, -0.2) is 48.3 Å². The third-order valence-corrected chi connectivity index (χ3v) is 5.20. The molecule has 29 heavy (non-hydrogen) atoms. The lowest BCUT2D eigenvalue weighted by Crippen LogP contribution is -2.38. The van der Waals surface area contributed by atoms with E-state index in [9.17, 15) is 4.79 Å². The minimum absolute atomic E-state index is 0.0313. The monoisotopic (exact) mass is 393 g/mol. The summed E-state index contributed by atoms with van der Waals surface area (Å²) in [6.07, 6.45) is 1.56. The molecule has 0 atom stereocenters. The van der Waals surface area contributed by atoms with E-state index >= 15 is 0 Å². The molecule has 2 aromatic carbocycles. The predicted molar refractivity (Wildman–Crippen MR) is 107 cm³/mol. The molecule has 1 amide bonds. The minimum atomic E-state index is -0.0313. The van der Waals surface area contributed by atoms with Crippen LogP contribution >= 0.6 is 0 Å². The van der Waals surface area contributed by atoms with Crippen molar-refractivity contribution in [1.29, 1.82) is 0 Å². The first-order valence-corrected chi connectivity index (χ1v) is 9.59. The van der Waals surface area contributed by atoms with Crippen molar-refractivity contribution in [3.63, 3.8) is 0 Å². The van der Waals surface area contributed by atoms with E-state index in [1.54, 1.807) is 32.4 Å². The van der Waals surface area contributed by atoms with Crippen LogP contribution < -0.4 is 9.47 Å². The molecule has 0 aliphatic carbocycles. The predicted octanol–water partition coefficient (Wildman–Crippen LogP) is 3.77. The van der Waals surface area contributed by atoms with Gasteiger partial charge in [-0.1, -0.05) is 35.5 Å². The van der Waals surface area contributed by atoms with Crippen molar-refractivity contribution in [3.8, 4) is 22.9 Å². The molecule has 7 nitrogen and oxygen atoms in total. The van der Waals surface area contributed by atoms with Crippen LogP contribution in [0.4, 0.5) is 0 Å². The summed E-state index contributed by atoms with van der Waals surface area (Å²) < 4.78 is 16.0. The third-order valence-electron chi connectivity index (χ3n) is 5.20. The fourth-order valence-corrected chi connectivity index (χ4v) is 3.55. The second-order valence-electron chi connectivity index (χ2n) is 6.99. The van der Waals surface area contributed by atoms with Gasteiger partial charge in [-0.25, -0.2) is 0 Å². The number of piperidine rings is 1. The number of benzene rings is 2. The summed E-state index contributed by atoms with van der Waals surface area (Å²) in [7, 11) is 3.14. The summed E-state index contributed by atoms with van der Waals surface area (Å²) in [5, 5.41) is 4.11. The highest BCUT2D eigenvalue weighted by molar-refractivity contribution is 5.95. The van der Waals surface area contributed by atoms with Gasteiger partial charge in [-0.2, -0.15) is 4.98 Å². The van der Waals surface area contributed by atoms with Crippen molar-refractivity contribution in [2.45, 2.75) is 18.8 Å². The maximum atomic E-state index is 12.9. The van der Waals surface area contributed by atoms with E-state index in [0.717, 1.165) is 18.4 Å². The molecule has 7 heteroatoms. The molecule has 0 radical (unpaired) electrons. The number of likely N-dealkylation sites (tertiary alicyclic amines) is 1. The average Bonchev–Trinajstić information content (AvgIpc) is 3.29. The normalized spacial score (nSPS) is 14.6. The molecule has 4 rings (SSSR count). The number of amides is 1. The molecule has 0 bridgehead atoms. The fraction of sp³-hybridized carbons (Fsp3) is 0.318. The molecule has 1 fully saturated rings. The number of hydrogen-bond donors (Lipinski definition) is 0. The largest absolute Gasteiger partial charge is 0.497 e. The first kappa shape index (κ1) is 19.0. The zero-order valence-corrected chi connectivity index (χ0v) is 16.5. The Morgan fingerprint density at radius 2 is 1.69 bits per heavy atom. The van der Waals surface area contributed by atoms with Gasteiger partial charge in [0.15, 0.2) is 0 Å². The van der Waals surface area contributed by atoms with Gasteiger partial charge in [0.05, 0.1) is 14.2 Å². The molecule has 1 aliphatic heterocycles. The average molecular weight is 393 g/mol. The molecule has 0 N–H and O–H groups in total. The summed E-state index contributed by atoms with van der Waals surface area (Å²) in [6.45, 7) is 1.26. The molecule has 150 valence electrons. The molecule has 3 aromatic rings. The summed E-state index contributed by atoms with van der Waals surface area (Å²) in [5.41, 5.74) is 1.49. The van der Waals surface area contributed by atoms with Gasteiger partial charge >= 0.3 is 0 Å². The molecule has 1 saturated heterocycles. The van der Waals surface area contributed by atoms with Crippen molar-refractivity contribution in [2.24, 2.45) is 0 Å². The Kier molecular flexibility index (Phi) is 5.46. The van der Waals surface area contributed by atoms with Gasteiger partial charge in [0, 0.05) is 36.2 Å². The molecule has 2 heterocycles. The highest BCUT2D eigenvalue weighted by Crippen LogP contribution is 2.30. The highest BCUT2D eigenvalue weighted by atomic mass is 16.5. The lowest BCUT2D eigenvalue weighted by atomic mass is 9.96. The van der Waals surface area contributed by atoms with E-state index < -0.39 is 0 Å². The van der Waals surface area contributed by atoms with Gasteiger partial charge in [-0.15, -0.1) is 0 Å². The lowest BCUT2D eigenvalue weighted by molar-refractivity contribution is 0.0704. The molecule has 0 unspecified atom stereocenters. The van der Waals surface area contributed by atoms with Crippen LogP contribution in [-0.2, 0) is 0 Å². The van der Waals surface area contributed by atoms with Crippen molar-refractivity contribution in [3.05, 3.63) is 60.0 Å². The van der Waals surface area contributed by atoms with Crippen LogP contribution in [0.1, 0.15) is 35.0 Å². The molecule has 0 spiro atoms. The topological polar surface area (TPSA) is 77.7 Å². The van der Waals surface area contributed by atoms with Gasteiger partial charge in [-0.3, -0.25) is 4.79 Å². The molecule has 0 saturated carbocycles. The summed E-state index contributed by atoms with van der Waals surface area (Å²) in [4.78, 5) is 19.3. The number of ether oxygens (including phenoxy) is 2. The highest BCUT2D eigenvalue weighted by Gasteiger charge is 2.28. The zero-order chi connectivity index (χ0) is 20.2. The van der Waals surface area contributed by atoms with Gasteiger partial charge in [0.1, 0.15) is 11.5 Å². The number of carbonyl (C=O) groups is 1. The van der Waals surface area contributed by atoms with Gasteiger partial charge in [-0.05, 0) is 25.0 Å². The SMILES string of the molecule is COc1cc(OC)cc(C(=O)N2CCC(c3nc(-c4ccccc4)no3)CC2)c1. The van der Waals surface area contributed by atoms with Crippen molar-refractivity contribution < 1.29 is 18.8 Å². The van der Waals surface area contributed by atoms with Gasteiger partial charge in [0.2, 0.25) is 11.7 Å². The van der Waals surface area contributed by atoms with Gasteiger partial charge in [0.25, 0.3) is 5.91 Å². The summed E-state index contributed by atoms with van der Waals surface area (Å²) in [6, 6.07) is 15.0. The molecule has 1 aromatic heterocycles. The quantitative estimate of drug-likeness (QED) is 0.657. The molecular formula is C22H23N3O4. The van der Waals surface area contributed by atoms with E-state index in [4.69, 9.17) is 14.0 Å². The maximum absolute atomic E-state index is 12.9. The van der Waals surface area contributed by atoms with E-state index in [2.05, 4.69) is 10.1 Å². The summed E-state index contributed by atoms with van der Waals surface area (Å²) in [5.74, 6) is 2.56. The molecule has 1 aliphatic rings. The van der Waals surface area contributed by atoms with Crippen LogP contribution in [0.15, 0.2) is 53.1 Å². The zero-order valence-electron chi connectivity index (χ0n) is 16.5. The van der Waals surface area contributed by atoms with Crippen molar-refractivity contribution >= 4 is 5.91 Å². The Morgan fingerprint density at radius 1 is 1.03 bits per heavy atom. The number of nitrogens with zero attached hydrogens (tertiary/aromatic N) is 3. The third kappa shape index (κ3) is 4.08. The smallest absolute Gasteiger partial charge is 0.254 e. The first-order valence-electron chi connectivity index (χ1n) is 9.59. The van der Waals surface area contributed by atoms with Crippen molar-refractivity contribution in [2.75, 3.05) is 27.3 Å². The Bertz CT molecular complexity index is 956. The minimum Gasteiger partial charge on any atom is -0.497 e. The van der Waals surface area contributed by atoms with E-state index in [-0.39, 0.29) is 11.8 Å². The Morgan fingerprint density at radius 3 is 2.31 bits per heavy atom. The number of aromatic nitrogens is 2. The van der Waals surface area contributed by atoms with Crippen LogP contribution in [0.25, 0.3) is 11.4 Å². The van der Waals surface area contributed by atoms with Crippen LogP contribution in [0.3, 0.4) is 0 Å². The van der Waals surface area contributed by atoms with E-state index in [1.165, 1.54) is 0 Å². The number of rotatable bonds is 5. The van der Waals surface area contributed by atoms with Crippen molar-refractivity contribution in [1.82, 2.24) is 15.0 Å². The number of carbonyl (C=O) groups excluding carboxylic acids is 1. The second-order valence-corrected chi connectivity index (χ2v) is 6.99. The number of hydrogen-bond acceptors (Lipinski definition) is 6.